The normalized spacial score (nSPS) is 69.2. The van der Waals surface area contributed by atoms with Crippen LogP contribution in [0.3, 0.4) is 0 Å². The van der Waals surface area contributed by atoms with Crippen LogP contribution in [0.1, 0.15) is 32.1 Å². The lowest BCUT2D eigenvalue weighted by Gasteiger charge is -2.55. The van der Waals surface area contributed by atoms with E-state index in [9.17, 15) is 0 Å². The Bertz CT molecular complexity index is 262. The molecule has 12 heavy (non-hydrogen) atoms. The van der Waals surface area contributed by atoms with Gasteiger partial charge in [-0.15, -0.1) is 0 Å². The molecular formula is C11H17N. The molecule has 0 aliphatic heterocycles. The van der Waals surface area contributed by atoms with Gasteiger partial charge in [0, 0.05) is 0 Å². The number of rotatable bonds is 2. The minimum atomic E-state index is 0.827. The fraction of sp³-hybridized carbons (Fsp3) is 1.00. The molecular weight excluding hydrogens is 146 g/mol. The predicted molar refractivity (Wildman–Crippen MR) is 47.5 cm³/mol. The summed E-state index contributed by atoms with van der Waals surface area (Å²) in [7, 11) is 0. The molecule has 0 aromatic rings. The highest BCUT2D eigenvalue weighted by atomic mass is 15.0. The van der Waals surface area contributed by atoms with E-state index in [0.717, 1.165) is 17.4 Å². The van der Waals surface area contributed by atoms with Crippen molar-refractivity contribution in [2.24, 2.45) is 34.3 Å². The highest BCUT2D eigenvalue weighted by Crippen LogP contribution is 2.98. The molecule has 1 heteroatoms. The van der Waals surface area contributed by atoms with E-state index in [1.807, 2.05) is 0 Å². The molecule has 0 amide bonds. The molecule has 0 aromatic carbocycles. The highest BCUT2D eigenvalue weighted by molar-refractivity contribution is 5.40. The number of hydrogen-bond acceptors (Lipinski definition) is 1. The van der Waals surface area contributed by atoms with Gasteiger partial charge < -0.3 is 5.73 Å². The van der Waals surface area contributed by atoms with Crippen LogP contribution in [-0.4, -0.2) is 6.54 Å². The van der Waals surface area contributed by atoms with Crippen LogP contribution in [0.2, 0.25) is 0 Å². The largest absolute Gasteiger partial charge is 0.330 e. The molecule has 1 nitrogen and oxygen atoms in total. The number of fused-ring (bicyclic) bond motifs is 3. The first-order valence-corrected chi connectivity index (χ1v) is 5.57. The third-order valence-corrected chi connectivity index (χ3v) is 5.99. The Labute approximate surface area is 73.7 Å². The molecule has 5 unspecified atom stereocenters. The monoisotopic (exact) mass is 163 g/mol. The van der Waals surface area contributed by atoms with E-state index in [1.54, 1.807) is 19.3 Å². The molecule has 5 atom stereocenters. The molecule has 66 valence electrons. The van der Waals surface area contributed by atoms with Crippen LogP contribution in [0.25, 0.3) is 0 Å². The minimum Gasteiger partial charge on any atom is -0.330 e. The van der Waals surface area contributed by atoms with Gasteiger partial charge in [-0.3, -0.25) is 0 Å². The summed E-state index contributed by atoms with van der Waals surface area (Å²) in [6, 6.07) is 0. The zero-order chi connectivity index (χ0) is 7.97. The van der Waals surface area contributed by atoms with Gasteiger partial charge in [0.05, 0.1) is 0 Å². The van der Waals surface area contributed by atoms with Crippen LogP contribution >= 0.6 is 0 Å². The Kier molecular flexibility index (Phi) is 0.800. The van der Waals surface area contributed by atoms with Gasteiger partial charge in [0.1, 0.15) is 0 Å². The van der Waals surface area contributed by atoms with Gasteiger partial charge in [0.25, 0.3) is 0 Å². The molecule has 4 aliphatic carbocycles. The van der Waals surface area contributed by atoms with Crippen molar-refractivity contribution in [3.63, 3.8) is 0 Å². The summed E-state index contributed by atoms with van der Waals surface area (Å²) in [4.78, 5) is 0. The van der Waals surface area contributed by atoms with Gasteiger partial charge in [-0.25, -0.2) is 0 Å². The third kappa shape index (κ3) is 0.334. The second-order valence-corrected chi connectivity index (χ2v) is 5.56. The summed E-state index contributed by atoms with van der Waals surface area (Å²) < 4.78 is 0. The lowest BCUT2D eigenvalue weighted by Crippen LogP contribution is -2.48. The van der Waals surface area contributed by atoms with Crippen molar-refractivity contribution in [1.82, 2.24) is 0 Å². The zero-order valence-corrected chi connectivity index (χ0v) is 7.55. The van der Waals surface area contributed by atoms with Crippen molar-refractivity contribution >= 4 is 0 Å². The van der Waals surface area contributed by atoms with Crippen LogP contribution in [0.15, 0.2) is 0 Å². The minimum absolute atomic E-state index is 0.827. The van der Waals surface area contributed by atoms with Crippen LogP contribution in [0.4, 0.5) is 0 Å². The van der Waals surface area contributed by atoms with Crippen molar-refractivity contribution in [2.45, 2.75) is 32.1 Å². The summed E-state index contributed by atoms with van der Waals surface area (Å²) in [6.07, 6.45) is 7.57. The van der Waals surface area contributed by atoms with Crippen molar-refractivity contribution in [3.8, 4) is 0 Å². The molecule has 4 rings (SSSR count). The molecule has 0 radical (unpaired) electrons. The van der Waals surface area contributed by atoms with Crippen molar-refractivity contribution in [2.75, 3.05) is 6.54 Å². The summed E-state index contributed by atoms with van der Waals surface area (Å²) in [5.41, 5.74) is 7.45. The fourth-order valence-corrected chi connectivity index (χ4v) is 5.57. The van der Waals surface area contributed by atoms with E-state index >= 15 is 0 Å². The Morgan fingerprint density at radius 2 is 2.17 bits per heavy atom. The Morgan fingerprint density at radius 1 is 1.25 bits per heavy atom. The van der Waals surface area contributed by atoms with E-state index in [2.05, 4.69) is 0 Å². The van der Waals surface area contributed by atoms with Crippen LogP contribution in [0.5, 0.6) is 0 Å². The Hall–Kier alpha value is -0.0400. The van der Waals surface area contributed by atoms with Gasteiger partial charge in [-0.2, -0.15) is 0 Å². The number of nitrogens with two attached hydrogens (primary N) is 1. The Morgan fingerprint density at radius 3 is 2.58 bits per heavy atom. The molecule has 4 fully saturated rings. The van der Waals surface area contributed by atoms with Crippen molar-refractivity contribution in [3.05, 3.63) is 0 Å². The first-order chi connectivity index (χ1) is 5.87. The van der Waals surface area contributed by atoms with Gasteiger partial charge in [-0.1, -0.05) is 0 Å². The van der Waals surface area contributed by atoms with E-state index in [4.69, 9.17) is 5.73 Å². The van der Waals surface area contributed by atoms with Gasteiger partial charge >= 0.3 is 0 Å². The van der Waals surface area contributed by atoms with Gasteiger partial charge in [0.15, 0.2) is 0 Å². The molecule has 0 saturated heterocycles. The average Bonchev–Trinajstić information content (AvgIpc) is 2.31. The molecule has 4 aliphatic rings. The topological polar surface area (TPSA) is 26.0 Å². The molecule has 2 N–H and O–H groups in total. The molecule has 0 bridgehead atoms. The smallest absolute Gasteiger partial charge is 0.00717 e. The molecule has 0 aromatic heterocycles. The standard InChI is InChI=1S/C11H17N/c12-6-5-10-3-4-11(10)8-2-1-7(8)9(10)11/h7-9H,1-6,12H2. The SMILES string of the molecule is NCCC12CCC13C1CCC1C23. The van der Waals surface area contributed by atoms with Crippen LogP contribution in [-0.2, 0) is 0 Å². The highest BCUT2D eigenvalue weighted by Gasteiger charge is 2.93. The number of hydrogen-bond donors (Lipinski definition) is 1. The maximum Gasteiger partial charge on any atom is -0.00717 e. The Balaban J connectivity index is 1.69. The zero-order valence-electron chi connectivity index (χ0n) is 7.55. The summed E-state index contributed by atoms with van der Waals surface area (Å²) >= 11 is 0. The van der Waals surface area contributed by atoms with Gasteiger partial charge in [-0.05, 0) is 67.2 Å². The van der Waals surface area contributed by atoms with E-state index in [0.29, 0.717) is 0 Å². The molecule has 4 saturated carbocycles. The predicted octanol–water partition coefficient (Wildman–Crippen LogP) is 1.77. The lowest BCUT2D eigenvalue weighted by atomic mass is 9.50. The second kappa shape index (κ2) is 1.50. The quantitative estimate of drug-likeness (QED) is 0.659. The van der Waals surface area contributed by atoms with Crippen molar-refractivity contribution in [1.29, 1.82) is 0 Å². The van der Waals surface area contributed by atoms with Crippen LogP contribution in [0, 0.1) is 28.6 Å². The lowest BCUT2D eigenvalue weighted by molar-refractivity contribution is -0.0606. The third-order valence-electron chi connectivity index (χ3n) is 5.99. The van der Waals surface area contributed by atoms with E-state index < -0.39 is 0 Å². The summed E-state index contributed by atoms with van der Waals surface area (Å²) in [6.45, 7) is 0.942. The van der Waals surface area contributed by atoms with Crippen molar-refractivity contribution < 1.29 is 0 Å². The fourth-order valence-electron chi connectivity index (χ4n) is 5.57. The first kappa shape index (κ1) is 6.42. The molecule has 0 heterocycles. The average molecular weight is 163 g/mol. The van der Waals surface area contributed by atoms with E-state index in [1.165, 1.54) is 30.6 Å². The first-order valence-electron chi connectivity index (χ1n) is 5.57. The second-order valence-electron chi connectivity index (χ2n) is 5.56. The van der Waals surface area contributed by atoms with E-state index in [-0.39, 0.29) is 0 Å². The maximum absolute atomic E-state index is 5.71. The maximum atomic E-state index is 5.71. The van der Waals surface area contributed by atoms with Gasteiger partial charge in [0.2, 0.25) is 0 Å². The summed E-state index contributed by atoms with van der Waals surface area (Å²) in [5.74, 6) is 3.54. The van der Waals surface area contributed by atoms with Crippen LogP contribution < -0.4 is 5.73 Å². The molecule has 1 spiro atoms. The summed E-state index contributed by atoms with van der Waals surface area (Å²) in [5, 5.41) is 0.